The number of aryl methyl sites for hydroxylation is 1. The summed E-state index contributed by atoms with van der Waals surface area (Å²) in [6.07, 6.45) is 1.31. The minimum Gasteiger partial charge on any atom is -0.384 e. The van der Waals surface area contributed by atoms with Crippen molar-refractivity contribution in [1.82, 2.24) is 10.2 Å². The molecule has 0 saturated heterocycles. The molecular weight excluding hydrogens is 559 g/mol. The smallest absolute Gasteiger partial charge is 0.234 e. The van der Waals surface area contributed by atoms with E-state index in [2.05, 4.69) is 21.6 Å². The van der Waals surface area contributed by atoms with Gasteiger partial charge in [-0.1, -0.05) is 58.5 Å². The number of carbonyl (C=O) groups excluding carboxylic acids is 2. The van der Waals surface area contributed by atoms with Crippen LogP contribution in [0.25, 0.3) is 0 Å². The number of thioether (sulfide) groups is 1. The first kappa shape index (κ1) is 26.9. The van der Waals surface area contributed by atoms with E-state index in [9.17, 15) is 14.9 Å². The Labute approximate surface area is 237 Å². The monoisotopic (exact) mass is 580 g/mol. The molecule has 2 aliphatic rings. The Morgan fingerprint density at radius 2 is 2.05 bits per heavy atom. The lowest BCUT2D eigenvalue weighted by Crippen LogP contribution is -2.39. The van der Waals surface area contributed by atoms with Gasteiger partial charge in [0.1, 0.15) is 11.6 Å². The Hall–Kier alpha value is -3.72. The third kappa shape index (κ3) is 5.28. The fourth-order valence-electron chi connectivity index (χ4n) is 4.69. The summed E-state index contributed by atoms with van der Waals surface area (Å²) >= 11 is 8.76. The molecule has 1 atom stereocenters. The number of nitriles is 1. The molecule has 0 fully saturated rings. The first-order chi connectivity index (χ1) is 18.8. The molecule has 8 nitrogen and oxygen atoms in total. The predicted octanol–water partition coefficient (Wildman–Crippen LogP) is 5.67. The number of amides is 1. The van der Waals surface area contributed by atoms with Crippen LogP contribution in [0.4, 0.5) is 15.2 Å². The van der Waals surface area contributed by atoms with E-state index in [4.69, 9.17) is 17.3 Å². The minimum atomic E-state index is -1.02. The summed E-state index contributed by atoms with van der Waals surface area (Å²) in [5, 5.41) is 21.8. The zero-order valence-corrected chi connectivity index (χ0v) is 23.1. The summed E-state index contributed by atoms with van der Waals surface area (Å²) in [4.78, 5) is 27.2. The van der Waals surface area contributed by atoms with Crippen molar-refractivity contribution in [2.45, 2.75) is 36.4 Å². The van der Waals surface area contributed by atoms with Gasteiger partial charge in [0.25, 0.3) is 0 Å². The Bertz CT molecular complexity index is 1560. The van der Waals surface area contributed by atoms with Crippen LogP contribution >= 0.6 is 34.7 Å². The van der Waals surface area contributed by atoms with Crippen molar-refractivity contribution in [1.29, 1.82) is 5.26 Å². The Morgan fingerprint density at radius 1 is 1.28 bits per heavy atom. The number of Topliss-reactive ketones (excluding diaryl/α,β-unsaturated/α-hetero) is 1. The van der Waals surface area contributed by atoms with E-state index in [-0.39, 0.29) is 45.8 Å². The van der Waals surface area contributed by atoms with Crippen LogP contribution < -0.4 is 16.0 Å². The lowest BCUT2D eigenvalue weighted by molar-refractivity contribution is -0.116. The molecule has 2 aromatic carbocycles. The number of aromatic nitrogens is 2. The van der Waals surface area contributed by atoms with Crippen molar-refractivity contribution < 1.29 is 14.0 Å². The van der Waals surface area contributed by atoms with Crippen molar-refractivity contribution in [3.63, 3.8) is 0 Å². The summed E-state index contributed by atoms with van der Waals surface area (Å²) in [7, 11) is 0. The molecule has 0 spiro atoms. The van der Waals surface area contributed by atoms with Crippen molar-refractivity contribution in [2.75, 3.05) is 16.0 Å². The first-order valence-electron chi connectivity index (χ1n) is 12.0. The number of nitrogens with two attached hydrogens (primary N) is 1. The second-order valence-electron chi connectivity index (χ2n) is 9.00. The van der Waals surface area contributed by atoms with E-state index in [0.717, 1.165) is 5.56 Å². The number of benzene rings is 2. The zero-order chi connectivity index (χ0) is 27.7. The van der Waals surface area contributed by atoms with E-state index in [0.29, 0.717) is 39.3 Å². The molecule has 0 radical (unpaired) electrons. The number of halogens is 2. The van der Waals surface area contributed by atoms with E-state index in [1.54, 1.807) is 4.90 Å². The maximum Gasteiger partial charge on any atom is 0.234 e. The highest BCUT2D eigenvalue weighted by Gasteiger charge is 2.42. The maximum atomic E-state index is 15.0. The minimum absolute atomic E-state index is 0.0119. The van der Waals surface area contributed by atoms with Crippen LogP contribution in [0.15, 0.2) is 69.5 Å². The average molecular weight is 581 g/mol. The number of rotatable bonds is 6. The number of nitrogens with one attached hydrogen (secondary N) is 1. The Kier molecular flexibility index (Phi) is 7.70. The molecule has 1 aliphatic carbocycles. The second kappa shape index (κ2) is 11.2. The van der Waals surface area contributed by atoms with Crippen LogP contribution in [0, 0.1) is 24.1 Å². The van der Waals surface area contributed by atoms with Gasteiger partial charge in [0.05, 0.1) is 23.3 Å². The molecule has 1 aromatic heterocycles. The molecule has 12 heteroatoms. The van der Waals surface area contributed by atoms with Crippen molar-refractivity contribution in [2.24, 2.45) is 5.73 Å². The van der Waals surface area contributed by atoms with Gasteiger partial charge >= 0.3 is 0 Å². The lowest BCUT2D eigenvalue weighted by atomic mass is 9.75. The highest BCUT2D eigenvalue weighted by atomic mass is 35.5. The van der Waals surface area contributed by atoms with E-state index in [1.165, 1.54) is 41.3 Å². The van der Waals surface area contributed by atoms with Crippen LogP contribution in [0.1, 0.15) is 36.3 Å². The molecule has 1 amide bonds. The standard InChI is InChI=1S/C27H22ClFN6O2S2/c1-14-8-10-15(11-9-14)32-21(37)13-38-27-34-33-26(39-27)35-19-6-3-7-20(36)24(19)22(16(12-30)25(35)31)23-17(28)4-2-5-18(23)29/h2,4-5,8-11,22H,3,6-7,13,31H2,1H3,(H,32,37). The van der Waals surface area contributed by atoms with Crippen LogP contribution in [-0.4, -0.2) is 27.6 Å². The molecule has 3 aromatic rings. The van der Waals surface area contributed by atoms with Crippen LogP contribution in [-0.2, 0) is 9.59 Å². The van der Waals surface area contributed by atoms with Gasteiger partial charge in [-0.3, -0.25) is 14.5 Å². The quantitative estimate of drug-likeness (QED) is 0.357. The SMILES string of the molecule is Cc1ccc(NC(=O)CSc2nnc(N3C(N)=C(C#N)C(c4c(F)cccc4Cl)C4=C3CCCC4=O)s2)cc1. The molecule has 2 heterocycles. The van der Waals surface area contributed by atoms with E-state index in [1.807, 2.05) is 31.2 Å². The van der Waals surface area contributed by atoms with Crippen molar-refractivity contribution in [3.05, 3.63) is 87.1 Å². The average Bonchev–Trinajstić information content (AvgIpc) is 3.37. The molecule has 39 heavy (non-hydrogen) atoms. The molecule has 0 saturated carbocycles. The number of nitrogens with zero attached hydrogens (tertiary/aromatic N) is 4. The molecule has 0 bridgehead atoms. The third-order valence-corrected chi connectivity index (χ3v) is 8.82. The summed E-state index contributed by atoms with van der Waals surface area (Å²) in [6.45, 7) is 1.97. The van der Waals surface area contributed by atoms with Crippen LogP contribution in [0.3, 0.4) is 0 Å². The summed E-state index contributed by atoms with van der Waals surface area (Å²) in [5.74, 6) is -1.88. The molecule has 5 rings (SSSR count). The maximum absolute atomic E-state index is 15.0. The second-order valence-corrected chi connectivity index (χ2v) is 11.6. The van der Waals surface area contributed by atoms with Gasteiger partial charge in [0.2, 0.25) is 11.0 Å². The molecular formula is C27H22ClFN6O2S2. The number of allylic oxidation sites excluding steroid dienone is 3. The van der Waals surface area contributed by atoms with Gasteiger partial charge in [0, 0.05) is 34.0 Å². The van der Waals surface area contributed by atoms with Gasteiger partial charge < -0.3 is 11.1 Å². The Morgan fingerprint density at radius 3 is 2.77 bits per heavy atom. The molecule has 198 valence electrons. The largest absolute Gasteiger partial charge is 0.384 e. The Balaban J connectivity index is 1.45. The fourth-order valence-corrected chi connectivity index (χ4v) is 6.65. The highest BCUT2D eigenvalue weighted by molar-refractivity contribution is 8.01. The number of ketones is 1. The summed E-state index contributed by atoms with van der Waals surface area (Å²) in [5.41, 5.74) is 9.21. The van der Waals surface area contributed by atoms with Crippen LogP contribution in [0.5, 0.6) is 0 Å². The summed E-state index contributed by atoms with van der Waals surface area (Å²) in [6, 6.07) is 13.8. The highest BCUT2D eigenvalue weighted by Crippen LogP contribution is 2.48. The van der Waals surface area contributed by atoms with E-state index < -0.39 is 11.7 Å². The number of anilines is 2. The first-order valence-corrected chi connectivity index (χ1v) is 14.2. The van der Waals surface area contributed by atoms with Crippen molar-refractivity contribution >= 4 is 57.2 Å². The van der Waals surface area contributed by atoms with Gasteiger partial charge in [-0.15, -0.1) is 10.2 Å². The summed E-state index contributed by atoms with van der Waals surface area (Å²) < 4.78 is 15.5. The van der Waals surface area contributed by atoms with Crippen LogP contribution in [0.2, 0.25) is 5.02 Å². The zero-order valence-electron chi connectivity index (χ0n) is 20.7. The lowest BCUT2D eigenvalue weighted by Gasteiger charge is -2.38. The number of carbonyl (C=O) groups is 2. The van der Waals surface area contributed by atoms with Gasteiger partial charge in [-0.2, -0.15) is 5.26 Å². The van der Waals surface area contributed by atoms with Gasteiger partial charge in [0.15, 0.2) is 10.1 Å². The molecule has 3 N–H and O–H groups in total. The van der Waals surface area contributed by atoms with E-state index >= 15 is 4.39 Å². The predicted molar refractivity (Wildman–Crippen MR) is 150 cm³/mol. The van der Waals surface area contributed by atoms with Gasteiger partial charge in [-0.25, -0.2) is 4.39 Å². The van der Waals surface area contributed by atoms with Crippen molar-refractivity contribution in [3.8, 4) is 6.07 Å². The normalized spacial score (nSPS) is 17.2. The topological polar surface area (TPSA) is 125 Å². The molecule has 1 aliphatic heterocycles. The number of hydrogen-bond acceptors (Lipinski definition) is 9. The third-order valence-electron chi connectivity index (χ3n) is 6.45. The number of hydrogen-bond donors (Lipinski definition) is 2. The van der Waals surface area contributed by atoms with Gasteiger partial charge in [-0.05, 0) is 44.0 Å². The molecule has 1 unspecified atom stereocenters. The fraction of sp³-hybridized carbons (Fsp3) is 0.222.